The molecule has 8 nitrogen and oxygen atoms in total. The molecule has 0 radical (unpaired) electrons. The Labute approximate surface area is 109 Å². The van der Waals surface area contributed by atoms with Crippen molar-refractivity contribution >= 4 is 11.7 Å². The highest BCUT2D eigenvalue weighted by molar-refractivity contribution is 5.91. The lowest BCUT2D eigenvalue weighted by atomic mass is 10.2. The molecule has 1 aliphatic heterocycles. The van der Waals surface area contributed by atoms with Gasteiger partial charge in [0.05, 0.1) is 23.6 Å². The first kappa shape index (κ1) is 14.9. The minimum atomic E-state index is -1.46. The van der Waals surface area contributed by atoms with Crippen LogP contribution in [0.1, 0.15) is 10.4 Å². The zero-order valence-electron chi connectivity index (χ0n) is 10.2. The van der Waals surface area contributed by atoms with Gasteiger partial charge in [0, 0.05) is 25.2 Å². The third-order valence-electron chi connectivity index (χ3n) is 2.45. The lowest BCUT2D eigenvalue weighted by Gasteiger charge is -2.07. The highest BCUT2D eigenvalue weighted by Crippen LogP contribution is 2.20. The number of non-ortho nitro benzene ring substituents is 1. The van der Waals surface area contributed by atoms with Crippen LogP contribution in [-0.4, -0.2) is 42.2 Å². The van der Waals surface area contributed by atoms with Crippen LogP contribution in [0, 0.1) is 10.1 Å². The Hall–Kier alpha value is -2.19. The van der Waals surface area contributed by atoms with Crippen molar-refractivity contribution in [3.05, 3.63) is 33.9 Å². The van der Waals surface area contributed by atoms with Crippen LogP contribution in [0.2, 0.25) is 0 Å². The molecule has 0 aliphatic carbocycles. The fraction of sp³-hybridized carbons (Fsp3) is 0.364. The molecule has 0 unspecified atom stereocenters. The lowest BCUT2D eigenvalue weighted by molar-refractivity contribution is -0.657. The van der Waals surface area contributed by atoms with E-state index in [4.69, 9.17) is 5.11 Å². The second kappa shape index (κ2) is 7.29. The number of nitrogens with one attached hydrogen (secondary N) is 1. The number of nitro benzene ring substituents is 1. The van der Waals surface area contributed by atoms with Crippen molar-refractivity contribution in [1.82, 2.24) is 5.32 Å². The normalized spacial score (nSPS) is 14.1. The molecule has 1 aromatic rings. The topological polar surface area (TPSA) is 132 Å². The number of nitrogens with two attached hydrogens (primary N) is 1. The molecule has 8 heteroatoms. The summed E-state index contributed by atoms with van der Waals surface area (Å²) in [5, 5.41) is 35.1. The molecular formula is C11H15N3O5. The number of aromatic carboxylic acids is 1. The van der Waals surface area contributed by atoms with E-state index in [1.165, 1.54) is 26.2 Å². The van der Waals surface area contributed by atoms with Gasteiger partial charge in [-0.1, -0.05) is 11.8 Å². The molecule has 1 aliphatic rings. The molecule has 104 valence electrons. The number of hydrogen-bond acceptors (Lipinski definition) is 5. The molecule has 0 spiro atoms. The molecular weight excluding hydrogens is 254 g/mol. The molecule has 0 aromatic heterocycles. The maximum Gasteiger partial charge on any atom is 0.335 e. The van der Waals surface area contributed by atoms with E-state index in [0.29, 0.717) is 0 Å². The zero-order valence-corrected chi connectivity index (χ0v) is 10.2. The van der Waals surface area contributed by atoms with Crippen LogP contribution >= 0.6 is 0 Å². The van der Waals surface area contributed by atoms with Crippen molar-refractivity contribution in [2.75, 3.05) is 26.2 Å². The van der Waals surface area contributed by atoms with Crippen molar-refractivity contribution < 1.29 is 25.2 Å². The van der Waals surface area contributed by atoms with Gasteiger partial charge in [-0.05, 0) is 0 Å². The quantitative estimate of drug-likeness (QED) is 0.443. The number of carboxylic acids is 1. The highest BCUT2D eigenvalue weighted by atomic mass is 16.6. The number of hydrogen-bond donors (Lipinski definition) is 3. The summed E-state index contributed by atoms with van der Waals surface area (Å²) in [4.78, 5) is 19.8. The molecule has 19 heavy (non-hydrogen) atoms. The average molecular weight is 269 g/mol. The molecule has 0 atom stereocenters. The summed E-state index contributed by atoms with van der Waals surface area (Å²) in [6, 6.07) is 2.57. The minimum Gasteiger partial charge on any atom is -0.872 e. The summed E-state index contributed by atoms with van der Waals surface area (Å²) < 4.78 is 0. The summed E-state index contributed by atoms with van der Waals surface area (Å²) in [6.45, 7) is 4.92. The van der Waals surface area contributed by atoms with E-state index < -0.39 is 27.9 Å². The van der Waals surface area contributed by atoms with Gasteiger partial charge < -0.3 is 20.8 Å². The van der Waals surface area contributed by atoms with Crippen LogP contribution in [0.15, 0.2) is 18.2 Å². The summed E-state index contributed by atoms with van der Waals surface area (Å²) in [5.41, 5.74) is -0.994. The number of rotatable bonds is 2. The van der Waals surface area contributed by atoms with Gasteiger partial charge >= 0.3 is 5.97 Å². The van der Waals surface area contributed by atoms with Gasteiger partial charge in [-0.3, -0.25) is 10.1 Å². The molecule has 1 fully saturated rings. The largest absolute Gasteiger partial charge is 0.872 e. The van der Waals surface area contributed by atoms with Crippen LogP contribution in [-0.2, 0) is 0 Å². The molecule has 1 heterocycles. The minimum absolute atomic E-state index is 0.406. The first-order valence-electron chi connectivity index (χ1n) is 5.73. The maximum absolute atomic E-state index is 10.8. The fourth-order valence-corrected chi connectivity index (χ4v) is 1.48. The van der Waals surface area contributed by atoms with Gasteiger partial charge in [-0.2, -0.15) is 0 Å². The predicted octanol–water partition coefficient (Wildman–Crippen LogP) is -1.48. The summed E-state index contributed by atoms with van der Waals surface area (Å²) in [6.07, 6.45) is 0. The standard InChI is InChI=1S/C7H5NO5.C4H10N2/c9-6-2-1-4(8(12)13)3-5(6)7(10)11;1-2-6-4-3-5-1/h1-3,9H,(H,10,11);5-6H,1-4H2. The summed E-state index contributed by atoms with van der Waals surface area (Å²) in [7, 11) is 0. The van der Waals surface area contributed by atoms with Crippen LogP contribution < -0.4 is 15.7 Å². The van der Waals surface area contributed by atoms with Crippen molar-refractivity contribution in [1.29, 1.82) is 0 Å². The van der Waals surface area contributed by atoms with E-state index in [9.17, 15) is 20.0 Å². The number of benzene rings is 1. The lowest BCUT2D eigenvalue weighted by Crippen LogP contribution is -2.89. The average Bonchev–Trinajstić information content (AvgIpc) is 2.41. The Bertz CT molecular complexity index is 448. The van der Waals surface area contributed by atoms with E-state index in [2.05, 4.69) is 10.6 Å². The molecule has 2 rings (SSSR count). The van der Waals surface area contributed by atoms with Crippen molar-refractivity contribution in [2.45, 2.75) is 0 Å². The van der Waals surface area contributed by atoms with Crippen molar-refractivity contribution in [3.63, 3.8) is 0 Å². The number of nitro groups is 1. The third-order valence-corrected chi connectivity index (χ3v) is 2.45. The van der Waals surface area contributed by atoms with E-state index in [1.807, 2.05) is 0 Å². The Morgan fingerprint density at radius 2 is 2.00 bits per heavy atom. The molecule has 4 N–H and O–H groups in total. The van der Waals surface area contributed by atoms with Crippen LogP contribution in [0.3, 0.4) is 0 Å². The van der Waals surface area contributed by atoms with Gasteiger partial charge in [0.15, 0.2) is 0 Å². The van der Waals surface area contributed by atoms with E-state index in [1.54, 1.807) is 0 Å². The van der Waals surface area contributed by atoms with Crippen LogP contribution in [0.5, 0.6) is 5.75 Å². The predicted molar refractivity (Wildman–Crippen MR) is 64.0 cm³/mol. The zero-order chi connectivity index (χ0) is 14.3. The highest BCUT2D eigenvalue weighted by Gasteiger charge is 2.10. The molecule has 0 bridgehead atoms. The molecule has 0 saturated carbocycles. The van der Waals surface area contributed by atoms with Gasteiger partial charge in [0.25, 0.3) is 5.69 Å². The van der Waals surface area contributed by atoms with Crippen LogP contribution in [0.4, 0.5) is 5.69 Å². The smallest absolute Gasteiger partial charge is 0.335 e. The number of carbonyl (C=O) groups is 1. The van der Waals surface area contributed by atoms with Crippen molar-refractivity contribution in [3.8, 4) is 5.75 Å². The second-order valence-corrected chi connectivity index (χ2v) is 3.86. The van der Waals surface area contributed by atoms with Crippen molar-refractivity contribution in [2.24, 2.45) is 0 Å². The maximum atomic E-state index is 10.8. The van der Waals surface area contributed by atoms with Gasteiger partial charge in [-0.25, -0.2) is 4.79 Å². The summed E-state index contributed by atoms with van der Waals surface area (Å²) in [5.74, 6) is -2.20. The van der Waals surface area contributed by atoms with E-state index in [0.717, 1.165) is 18.2 Å². The fourth-order valence-electron chi connectivity index (χ4n) is 1.48. The first-order chi connectivity index (χ1) is 9.02. The van der Waals surface area contributed by atoms with E-state index in [-0.39, 0.29) is 0 Å². The Morgan fingerprint density at radius 3 is 2.37 bits per heavy atom. The van der Waals surface area contributed by atoms with Gasteiger partial charge in [0.2, 0.25) is 0 Å². The molecule has 1 saturated heterocycles. The van der Waals surface area contributed by atoms with Gasteiger partial charge in [0.1, 0.15) is 0 Å². The van der Waals surface area contributed by atoms with Crippen LogP contribution in [0.25, 0.3) is 0 Å². The SMILES string of the molecule is C1C[NH2+]CCN1.O=C(O)c1cc([N+](=O)[O-])ccc1[O-]. The summed E-state index contributed by atoms with van der Waals surface area (Å²) >= 11 is 0. The second-order valence-electron chi connectivity index (χ2n) is 3.86. The first-order valence-corrected chi connectivity index (χ1v) is 5.73. The number of quaternary nitrogens is 1. The van der Waals surface area contributed by atoms with E-state index >= 15 is 0 Å². The Kier molecular flexibility index (Phi) is 5.71. The monoisotopic (exact) mass is 269 g/mol. The number of carboxylic acid groups (broad SMARTS) is 1. The van der Waals surface area contributed by atoms with Gasteiger partial charge in [-0.15, -0.1) is 0 Å². The number of piperazine rings is 1. The number of nitrogens with zero attached hydrogens (tertiary/aromatic N) is 1. The molecule has 1 aromatic carbocycles. The third kappa shape index (κ3) is 4.90. The molecule has 0 amide bonds. The Morgan fingerprint density at radius 1 is 1.37 bits per heavy atom. The Balaban J connectivity index is 0.000000250.